The van der Waals surface area contributed by atoms with Crippen LogP contribution in [0.5, 0.6) is 5.75 Å². The monoisotopic (exact) mass is 295 g/mol. The summed E-state index contributed by atoms with van der Waals surface area (Å²) in [6.45, 7) is 0.839. The van der Waals surface area contributed by atoms with Gasteiger partial charge in [0.1, 0.15) is 6.33 Å². The summed E-state index contributed by atoms with van der Waals surface area (Å²) in [5, 5.41) is 2.45. The minimum atomic E-state index is 0.365. The molecule has 0 amide bonds. The summed E-state index contributed by atoms with van der Waals surface area (Å²) in [6.07, 6.45) is 3.87. The standard InChI is InChI=1S/C13H14ClN3OS/c1-18-11-12(14)15-8-16-13(11)17(9-4-5-9)7-10-3-2-6-19-10/h2-3,6,8-9H,4-5,7H2,1H3. The molecule has 0 aromatic carbocycles. The fourth-order valence-electron chi connectivity index (χ4n) is 2.06. The van der Waals surface area contributed by atoms with E-state index >= 15 is 0 Å². The minimum Gasteiger partial charge on any atom is -0.490 e. The van der Waals surface area contributed by atoms with Gasteiger partial charge in [0.25, 0.3) is 0 Å². The van der Waals surface area contributed by atoms with Crippen molar-refractivity contribution in [3.8, 4) is 5.75 Å². The van der Waals surface area contributed by atoms with E-state index in [4.69, 9.17) is 16.3 Å². The zero-order valence-corrected chi connectivity index (χ0v) is 12.1. The molecule has 3 rings (SSSR count). The largest absolute Gasteiger partial charge is 0.490 e. The van der Waals surface area contributed by atoms with Crippen LogP contribution in [0.25, 0.3) is 0 Å². The van der Waals surface area contributed by atoms with Crippen molar-refractivity contribution >= 4 is 28.8 Å². The third-order valence-corrected chi connectivity index (χ3v) is 4.24. The third kappa shape index (κ3) is 2.67. The summed E-state index contributed by atoms with van der Waals surface area (Å²) in [7, 11) is 1.60. The molecule has 0 saturated heterocycles. The maximum Gasteiger partial charge on any atom is 0.199 e. The van der Waals surface area contributed by atoms with Gasteiger partial charge in [0.2, 0.25) is 0 Å². The van der Waals surface area contributed by atoms with E-state index in [0.29, 0.717) is 16.9 Å². The Kier molecular flexibility index (Phi) is 3.57. The molecule has 6 heteroatoms. The van der Waals surface area contributed by atoms with Crippen LogP contribution in [-0.2, 0) is 6.54 Å². The van der Waals surface area contributed by atoms with Crippen molar-refractivity contribution in [2.45, 2.75) is 25.4 Å². The Morgan fingerprint density at radius 3 is 2.95 bits per heavy atom. The minimum absolute atomic E-state index is 0.365. The molecule has 100 valence electrons. The molecule has 0 atom stereocenters. The lowest BCUT2D eigenvalue weighted by atomic mass is 10.3. The number of aromatic nitrogens is 2. The molecule has 19 heavy (non-hydrogen) atoms. The molecule has 2 aromatic heterocycles. The van der Waals surface area contributed by atoms with E-state index in [2.05, 4.69) is 32.4 Å². The number of anilines is 1. The van der Waals surface area contributed by atoms with Crippen LogP contribution >= 0.6 is 22.9 Å². The predicted molar refractivity (Wildman–Crippen MR) is 77.1 cm³/mol. The van der Waals surface area contributed by atoms with Gasteiger partial charge in [0.05, 0.1) is 13.7 Å². The Labute approximate surface area is 121 Å². The second-order valence-electron chi connectivity index (χ2n) is 4.46. The first kappa shape index (κ1) is 12.7. The van der Waals surface area contributed by atoms with Gasteiger partial charge in [0.15, 0.2) is 16.7 Å². The molecular formula is C13H14ClN3OS. The van der Waals surface area contributed by atoms with Crippen LogP contribution in [0.4, 0.5) is 5.82 Å². The van der Waals surface area contributed by atoms with Crippen LogP contribution < -0.4 is 9.64 Å². The number of halogens is 1. The molecule has 0 bridgehead atoms. The van der Waals surface area contributed by atoms with E-state index in [1.165, 1.54) is 24.0 Å². The van der Waals surface area contributed by atoms with Gasteiger partial charge in [0, 0.05) is 10.9 Å². The fourth-order valence-corrected chi connectivity index (χ4v) is 2.97. The van der Waals surface area contributed by atoms with Gasteiger partial charge in [-0.1, -0.05) is 17.7 Å². The average Bonchev–Trinajstić information content (AvgIpc) is 3.13. The maximum absolute atomic E-state index is 6.08. The van der Waals surface area contributed by atoms with Gasteiger partial charge in [-0.15, -0.1) is 11.3 Å². The van der Waals surface area contributed by atoms with E-state index in [0.717, 1.165) is 12.4 Å². The SMILES string of the molecule is COc1c(Cl)ncnc1N(Cc1cccs1)C1CC1. The van der Waals surface area contributed by atoms with E-state index in [1.54, 1.807) is 18.4 Å². The number of methoxy groups -OCH3 is 1. The van der Waals surface area contributed by atoms with E-state index in [9.17, 15) is 0 Å². The highest BCUT2D eigenvalue weighted by Crippen LogP contribution is 2.39. The van der Waals surface area contributed by atoms with Crippen LogP contribution in [0.1, 0.15) is 17.7 Å². The molecule has 0 N–H and O–H groups in total. The summed E-state index contributed by atoms with van der Waals surface area (Å²) in [5.41, 5.74) is 0. The summed E-state index contributed by atoms with van der Waals surface area (Å²) in [6, 6.07) is 4.73. The van der Waals surface area contributed by atoms with Crippen LogP contribution in [-0.4, -0.2) is 23.1 Å². The molecule has 1 fully saturated rings. The highest BCUT2D eigenvalue weighted by atomic mass is 35.5. The first-order chi connectivity index (χ1) is 9.29. The number of ether oxygens (including phenoxy) is 1. The first-order valence-electron chi connectivity index (χ1n) is 6.13. The quantitative estimate of drug-likeness (QED) is 0.793. The summed E-state index contributed by atoms with van der Waals surface area (Å²) in [5.74, 6) is 1.35. The van der Waals surface area contributed by atoms with Crippen LogP contribution in [0, 0.1) is 0 Å². The number of thiophene rings is 1. The Morgan fingerprint density at radius 2 is 2.32 bits per heavy atom. The Balaban J connectivity index is 1.94. The van der Waals surface area contributed by atoms with Crippen molar-refractivity contribution in [1.82, 2.24) is 9.97 Å². The van der Waals surface area contributed by atoms with Gasteiger partial charge >= 0.3 is 0 Å². The van der Waals surface area contributed by atoms with Crippen molar-refractivity contribution in [3.05, 3.63) is 33.9 Å². The Morgan fingerprint density at radius 1 is 1.47 bits per heavy atom. The number of hydrogen-bond acceptors (Lipinski definition) is 5. The number of hydrogen-bond donors (Lipinski definition) is 0. The van der Waals surface area contributed by atoms with E-state index < -0.39 is 0 Å². The summed E-state index contributed by atoms with van der Waals surface area (Å²) >= 11 is 7.83. The lowest BCUT2D eigenvalue weighted by molar-refractivity contribution is 0.410. The highest BCUT2D eigenvalue weighted by Gasteiger charge is 2.32. The summed E-state index contributed by atoms with van der Waals surface area (Å²) < 4.78 is 5.36. The smallest absolute Gasteiger partial charge is 0.199 e. The van der Waals surface area contributed by atoms with Gasteiger partial charge in [-0.3, -0.25) is 0 Å². The molecule has 1 aliphatic rings. The molecule has 4 nitrogen and oxygen atoms in total. The lowest BCUT2D eigenvalue weighted by Gasteiger charge is -2.24. The predicted octanol–water partition coefficient (Wildman–Crippen LogP) is 3.37. The Hall–Kier alpha value is -1.33. The van der Waals surface area contributed by atoms with Gasteiger partial charge in [-0.2, -0.15) is 0 Å². The van der Waals surface area contributed by atoms with Crippen LogP contribution in [0.3, 0.4) is 0 Å². The van der Waals surface area contributed by atoms with Gasteiger partial charge in [-0.05, 0) is 24.3 Å². The first-order valence-corrected chi connectivity index (χ1v) is 7.39. The molecule has 0 radical (unpaired) electrons. The lowest BCUT2D eigenvalue weighted by Crippen LogP contribution is -2.26. The third-order valence-electron chi connectivity index (χ3n) is 3.11. The second-order valence-corrected chi connectivity index (χ2v) is 5.85. The molecule has 0 spiro atoms. The fraction of sp³-hybridized carbons (Fsp3) is 0.385. The maximum atomic E-state index is 6.08. The van der Waals surface area contributed by atoms with E-state index in [-0.39, 0.29) is 0 Å². The zero-order valence-electron chi connectivity index (χ0n) is 10.5. The number of nitrogens with zero attached hydrogens (tertiary/aromatic N) is 3. The Bertz CT molecular complexity index is 557. The molecule has 2 heterocycles. The topological polar surface area (TPSA) is 38.3 Å². The van der Waals surface area contributed by atoms with Crippen LogP contribution in [0.15, 0.2) is 23.8 Å². The summed E-state index contributed by atoms with van der Waals surface area (Å²) in [4.78, 5) is 11.9. The van der Waals surface area contributed by atoms with Gasteiger partial charge < -0.3 is 9.64 Å². The highest BCUT2D eigenvalue weighted by molar-refractivity contribution is 7.09. The second kappa shape index (κ2) is 5.35. The van der Waals surface area contributed by atoms with Crippen molar-refractivity contribution in [3.63, 3.8) is 0 Å². The zero-order chi connectivity index (χ0) is 13.2. The molecule has 2 aromatic rings. The molecular weight excluding hydrogens is 282 g/mol. The average molecular weight is 296 g/mol. The molecule has 1 saturated carbocycles. The molecule has 0 aliphatic heterocycles. The van der Waals surface area contributed by atoms with Crippen LogP contribution in [0.2, 0.25) is 5.15 Å². The van der Waals surface area contributed by atoms with Crippen molar-refractivity contribution in [2.75, 3.05) is 12.0 Å². The molecule has 1 aliphatic carbocycles. The van der Waals surface area contributed by atoms with Crippen molar-refractivity contribution in [1.29, 1.82) is 0 Å². The van der Waals surface area contributed by atoms with Gasteiger partial charge in [-0.25, -0.2) is 9.97 Å². The van der Waals surface area contributed by atoms with Crippen molar-refractivity contribution in [2.24, 2.45) is 0 Å². The van der Waals surface area contributed by atoms with E-state index in [1.807, 2.05) is 0 Å². The number of rotatable bonds is 5. The van der Waals surface area contributed by atoms with Crippen molar-refractivity contribution < 1.29 is 4.74 Å². The normalized spacial score (nSPS) is 14.4. The molecule has 0 unspecified atom stereocenters.